The Morgan fingerprint density at radius 3 is 2.22 bits per heavy atom. The first-order valence-electron chi connectivity index (χ1n) is 7.22. The van der Waals surface area contributed by atoms with Gasteiger partial charge in [-0.25, -0.2) is 4.98 Å². The van der Waals surface area contributed by atoms with Gasteiger partial charge in [-0.2, -0.15) is 4.39 Å². The van der Waals surface area contributed by atoms with Crippen molar-refractivity contribution in [1.82, 2.24) is 4.98 Å². The quantitative estimate of drug-likeness (QED) is 0.809. The maximum Gasteiger partial charge on any atom is 0.212 e. The number of halogens is 1. The Hall–Kier alpha value is -2.76. The van der Waals surface area contributed by atoms with Crippen molar-refractivity contribution in [3.05, 3.63) is 54.9 Å². The van der Waals surface area contributed by atoms with E-state index in [1.807, 2.05) is 35.5 Å². The number of methoxy groups -OCH3 is 2. The summed E-state index contributed by atoms with van der Waals surface area (Å²) in [4.78, 5) is 7.81. The van der Waals surface area contributed by atoms with E-state index in [0.29, 0.717) is 11.5 Å². The molecular formula is C17H18FN3O2. The van der Waals surface area contributed by atoms with Crippen LogP contribution in [0.15, 0.2) is 48.9 Å². The minimum absolute atomic E-state index is 0.0281. The van der Waals surface area contributed by atoms with Crippen molar-refractivity contribution in [2.45, 2.75) is 13.1 Å². The number of anilines is 2. The molecule has 1 aromatic heterocycles. The molecule has 6 heteroatoms. The van der Waals surface area contributed by atoms with Gasteiger partial charge < -0.3 is 19.3 Å². The first-order chi connectivity index (χ1) is 11.1. The maximum atomic E-state index is 13.0. The summed E-state index contributed by atoms with van der Waals surface area (Å²) in [5, 5.41) is 0. The lowest BCUT2D eigenvalue weighted by atomic mass is 10.2. The summed E-state index contributed by atoms with van der Waals surface area (Å²) < 4.78 is 23.6. The Labute approximate surface area is 134 Å². The van der Waals surface area contributed by atoms with E-state index in [9.17, 15) is 4.39 Å². The van der Waals surface area contributed by atoms with Crippen LogP contribution in [0.5, 0.6) is 11.5 Å². The third-order valence-electron chi connectivity index (χ3n) is 3.87. The van der Waals surface area contributed by atoms with Gasteiger partial charge in [-0.1, -0.05) is 0 Å². The minimum atomic E-state index is -0.485. The van der Waals surface area contributed by atoms with Crippen LogP contribution in [0, 0.1) is 5.95 Å². The molecule has 0 saturated carbocycles. The topological polar surface area (TPSA) is 37.8 Å². The van der Waals surface area contributed by atoms with Crippen molar-refractivity contribution >= 4 is 11.4 Å². The molecule has 0 fully saturated rings. The molecule has 1 aliphatic rings. The van der Waals surface area contributed by atoms with Crippen molar-refractivity contribution in [3.8, 4) is 11.5 Å². The molecule has 0 radical (unpaired) electrons. The molecule has 0 bridgehead atoms. The van der Waals surface area contributed by atoms with E-state index in [1.165, 1.54) is 12.3 Å². The molecule has 0 N–H and O–H groups in total. The fraction of sp³-hybridized carbons (Fsp3) is 0.235. The van der Waals surface area contributed by atoms with Gasteiger partial charge in [0.1, 0.15) is 6.17 Å². The van der Waals surface area contributed by atoms with Crippen LogP contribution in [0.2, 0.25) is 0 Å². The number of nitrogens with zero attached hydrogens (tertiary/aromatic N) is 3. The van der Waals surface area contributed by atoms with Gasteiger partial charge in [0.25, 0.3) is 0 Å². The first kappa shape index (κ1) is 15.1. The summed E-state index contributed by atoms with van der Waals surface area (Å²) in [6.45, 7) is 2.06. The summed E-state index contributed by atoms with van der Waals surface area (Å²) >= 11 is 0. The van der Waals surface area contributed by atoms with E-state index in [1.54, 1.807) is 20.3 Å². The van der Waals surface area contributed by atoms with Crippen LogP contribution in [0.25, 0.3) is 0 Å². The predicted octanol–water partition coefficient (Wildman–Crippen LogP) is 3.38. The van der Waals surface area contributed by atoms with Crippen molar-refractivity contribution in [2.75, 3.05) is 24.0 Å². The van der Waals surface area contributed by atoms with Gasteiger partial charge in [-0.15, -0.1) is 0 Å². The van der Waals surface area contributed by atoms with Gasteiger partial charge in [0.05, 0.1) is 26.1 Å². The molecule has 2 heterocycles. The Bertz CT molecular complexity index is 718. The van der Waals surface area contributed by atoms with E-state index in [2.05, 4.69) is 16.8 Å². The highest BCUT2D eigenvalue weighted by atomic mass is 19.1. The van der Waals surface area contributed by atoms with E-state index >= 15 is 0 Å². The fourth-order valence-electron chi connectivity index (χ4n) is 2.64. The minimum Gasteiger partial charge on any atom is -0.493 e. The fourth-order valence-corrected chi connectivity index (χ4v) is 2.64. The summed E-state index contributed by atoms with van der Waals surface area (Å²) in [5.74, 6) is 0.875. The van der Waals surface area contributed by atoms with E-state index in [4.69, 9.17) is 9.47 Å². The molecule has 1 unspecified atom stereocenters. The second-order valence-corrected chi connectivity index (χ2v) is 5.12. The molecule has 0 amide bonds. The van der Waals surface area contributed by atoms with Crippen molar-refractivity contribution in [3.63, 3.8) is 0 Å². The summed E-state index contributed by atoms with van der Waals surface area (Å²) in [7, 11) is 3.22. The molecule has 2 aromatic rings. The van der Waals surface area contributed by atoms with Gasteiger partial charge in [-0.05, 0) is 31.2 Å². The maximum absolute atomic E-state index is 13.0. The molecule has 23 heavy (non-hydrogen) atoms. The number of aromatic nitrogens is 1. The molecule has 1 aliphatic heterocycles. The van der Waals surface area contributed by atoms with Gasteiger partial charge in [0, 0.05) is 24.2 Å². The molecule has 3 rings (SSSR count). The van der Waals surface area contributed by atoms with E-state index in [-0.39, 0.29) is 6.17 Å². The van der Waals surface area contributed by atoms with E-state index < -0.39 is 5.95 Å². The standard InChI is InChI=1S/C17H18FN3O2/c1-12-20(13-4-6-15(22-2)16(10-13)23-3)8-9-21(12)14-5-7-17(18)19-11-14/h4-12H,1-3H3. The normalized spacial score (nSPS) is 16.8. The third-order valence-corrected chi connectivity index (χ3v) is 3.87. The monoisotopic (exact) mass is 315 g/mol. The lowest BCUT2D eigenvalue weighted by Crippen LogP contribution is -2.35. The molecule has 0 spiro atoms. The molecule has 1 atom stereocenters. The Balaban J connectivity index is 1.86. The highest BCUT2D eigenvalue weighted by Crippen LogP contribution is 2.35. The zero-order chi connectivity index (χ0) is 16.4. The van der Waals surface area contributed by atoms with E-state index in [0.717, 1.165) is 11.4 Å². The number of ether oxygens (including phenoxy) is 2. The number of hydrogen-bond acceptors (Lipinski definition) is 5. The van der Waals surface area contributed by atoms with Gasteiger partial charge in [0.15, 0.2) is 11.5 Å². The number of pyridine rings is 1. The molecular weight excluding hydrogens is 297 g/mol. The van der Waals surface area contributed by atoms with Crippen LogP contribution in [0.1, 0.15) is 6.92 Å². The van der Waals surface area contributed by atoms with Crippen LogP contribution < -0.4 is 19.3 Å². The highest BCUT2D eigenvalue weighted by Gasteiger charge is 2.25. The second-order valence-electron chi connectivity index (χ2n) is 5.12. The van der Waals surface area contributed by atoms with Crippen molar-refractivity contribution in [1.29, 1.82) is 0 Å². The van der Waals surface area contributed by atoms with Crippen LogP contribution in [0.3, 0.4) is 0 Å². The zero-order valence-corrected chi connectivity index (χ0v) is 13.2. The molecule has 0 saturated heterocycles. The average Bonchev–Trinajstić information content (AvgIpc) is 2.96. The van der Waals surface area contributed by atoms with Crippen LogP contribution in [-0.2, 0) is 0 Å². The number of rotatable bonds is 4. The largest absolute Gasteiger partial charge is 0.493 e. The van der Waals surface area contributed by atoms with Gasteiger partial charge in [-0.3, -0.25) is 0 Å². The van der Waals surface area contributed by atoms with Crippen molar-refractivity contribution in [2.24, 2.45) is 0 Å². The zero-order valence-electron chi connectivity index (χ0n) is 13.2. The summed E-state index contributed by atoms with van der Waals surface area (Å²) in [5.41, 5.74) is 1.81. The molecule has 1 aromatic carbocycles. The summed E-state index contributed by atoms with van der Waals surface area (Å²) in [6.07, 6.45) is 5.46. The lowest BCUT2D eigenvalue weighted by molar-refractivity contribution is 0.355. The van der Waals surface area contributed by atoms with Crippen LogP contribution in [-0.4, -0.2) is 25.4 Å². The Morgan fingerprint density at radius 2 is 1.61 bits per heavy atom. The predicted molar refractivity (Wildman–Crippen MR) is 87.3 cm³/mol. The number of hydrogen-bond donors (Lipinski definition) is 0. The Kier molecular flexibility index (Phi) is 4.06. The molecule has 5 nitrogen and oxygen atoms in total. The van der Waals surface area contributed by atoms with Crippen LogP contribution >= 0.6 is 0 Å². The second kappa shape index (κ2) is 6.16. The smallest absolute Gasteiger partial charge is 0.212 e. The van der Waals surface area contributed by atoms with Gasteiger partial charge in [0.2, 0.25) is 5.95 Å². The number of benzene rings is 1. The molecule has 120 valence electrons. The average molecular weight is 315 g/mol. The molecule has 0 aliphatic carbocycles. The Morgan fingerprint density at radius 1 is 0.957 bits per heavy atom. The van der Waals surface area contributed by atoms with Crippen molar-refractivity contribution < 1.29 is 13.9 Å². The van der Waals surface area contributed by atoms with Gasteiger partial charge >= 0.3 is 0 Å². The van der Waals surface area contributed by atoms with Crippen LogP contribution in [0.4, 0.5) is 15.8 Å². The highest BCUT2D eigenvalue weighted by molar-refractivity contribution is 5.63. The lowest BCUT2D eigenvalue weighted by Gasteiger charge is -2.30. The SMILES string of the molecule is COc1ccc(N2C=CN(c3ccc(F)nc3)C2C)cc1OC. The third kappa shape index (κ3) is 2.79. The first-order valence-corrected chi connectivity index (χ1v) is 7.22. The summed E-state index contributed by atoms with van der Waals surface area (Å²) in [6, 6.07) is 8.83.